The van der Waals surface area contributed by atoms with E-state index < -0.39 is 41.2 Å². The van der Waals surface area contributed by atoms with Crippen molar-refractivity contribution < 1.29 is 43.5 Å². The topological polar surface area (TPSA) is 124 Å². The standard InChI is InChI=1S/C29H39NO9.2CH4.H2S3/c1-27(2,33)8-5-10-29(34,16-23(31)36-4)26(32)39-25-22(35-3)15-28-9-6-11-30(28)12-7-18-13-20-21(38-17-37-20)14-19(18)24(25)28;;;1-3-2/h13-15,24-25,33-34H,5-12,16-17H2,1-4H3;2*1H4;1-2H/t24-,25?,28+,29-;;;/m1.../s1. The third-order valence-corrected chi connectivity index (χ3v) is 8.62. The zero-order valence-corrected chi connectivity index (χ0v) is 27.1. The van der Waals surface area contributed by atoms with Crippen LogP contribution >= 0.6 is 33.1 Å². The maximum Gasteiger partial charge on any atom is 0.339 e. The number of aliphatic hydroxyl groups is 2. The summed E-state index contributed by atoms with van der Waals surface area (Å²) in [7, 11) is 3.90. The zero-order valence-electron chi connectivity index (χ0n) is 24.5. The Morgan fingerprint density at radius 1 is 1.11 bits per heavy atom. The number of esters is 2. The van der Waals surface area contributed by atoms with E-state index in [0.29, 0.717) is 30.1 Å². The number of carbonyl (C=O) groups is 2. The molecule has 0 aromatic heterocycles. The van der Waals surface area contributed by atoms with Gasteiger partial charge in [0.2, 0.25) is 6.79 Å². The van der Waals surface area contributed by atoms with Crippen molar-refractivity contribution in [2.75, 3.05) is 34.1 Å². The van der Waals surface area contributed by atoms with Crippen molar-refractivity contribution in [2.24, 2.45) is 0 Å². The van der Waals surface area contributed by atoms with Crippen LogP contribution in [0.25, 0.3) is 0 Å². The van der Waals surface area contributed by atoms with E-state index in [-0.39, 0.29) is 34.0 Å². The Labute approximate surface area is 275 Å². The first kappa shape index (κ1) is 38.4. The van der Waals surface area contributed by atoms with Crippen molar-refractivity contribution in [2.45, 2.75) is 102 Å². The molecule has 13 heteroatoms. The molecule has 44 heavy (non-hydrogen) atoms. The SMILES string of the molecule is C.C.COC(=O)C[C@](O)(CCCC(C)(C)O)C(=O)OC1C(OC)=C[C@]23CCCN2CCc2cc4c(cc2[C@H]13)OCO4.SSS. The van der Waals surface area contributed by atoms with Crippen molar-refractivity contribution >= 4 is 45.1 Å². The molecule has 1 unspecified atom stereocenters. The van der Waals surface area contributed by atoms with Gasteiger partial charge in [-0.3, -0.25) is 9.69 Å². The van der Waals surface area contributed by atoms with Crippen LogP contribution in [0, 0.1) is 0 Å². The summed E-state index contributed by atoms with van der Waals surface area (Å²) >= 11 is 7.14. The van der Waals surface area contributed by atoms with Gasteiger partial charge in [0, 0.05) is 6.54 Å². The first-order valence-corrected chi connectivity index (χ1v) is 17.0. The number of thiol groups is 2. The molecule has 10 nitrogen and oxygen atoms in total. The summed E-state index contributed by atoms with van der Waals surface area (Å²) in [6, 6.07) is 4.00. The first-order valence-electron chi connectivity index (χ1n) is 14.0. The molecular weight excluding hydrogens is 627 g/mol. The van der Waals surface area contributed by atoms with Gasteiger partial charge < -0.3 is 33.9 Å². The molecule has 0 amide bonds. The smallest absolute Gasteiger partial charge is 0.339 e. The summed E-state index contributed by atoms with van der Waals surface area (Å²) in [6.07, 6.45) is 3.94. The Hall–Kier alpha value is -1.77. The molecule has 3 aliphatic heterocycles. The quantitative estimate of drug-likeness (QED) is 0.156. The highest BCUT2D eigenvalue weighted by Gasteiger charge is 2.59. The Morgan fingerprint density at radius 2 is 1.77 bits per heavy atom. The molecule has 3 heterocycles. The van der Waals surface area contributed by atoms with E-state index in [1.807, 2.05) is 12.1 Å². The second-order valence-corrected chi connectivity index (χ2v) is 13.9. The van der Waals surface area contributed by atoms with Crippen LogP contribution in [0.3, 0.4) is 0 Å². The van der Waals surface area contributed by atoms with Gasteiger partial charge in [0.1, 0.15) is 5.76 Å². The van der Waals surface area contributed by atoms with Crippen molar-refractivity contribution in [3.05, 3.63) is 35.1 Å². The van der Waals surface area contributed by atoms with Crippen molar-refractivity contribution in [3.63, 3.8) is 0 Å². The van der Waals surface area contributed by atoms with Gasteiger partial charge in [0.15, 0.2) is 23.2 Å². The molecule has 1 aromatic rings. The highest BCUT2D eigenvalue weighted by atomic mass is 33.5. The third-order valence-electron chi connectivity index (χ3n) is 8.62. The first-order chi connectivity index (χ1) is 19.9. The average molecular weight is 676 g/mol. The van der Waals surface area contributed by atoms with Crippen LogP contribution in [0.15, 0.2) is 24.0 Å². The summed E-state index contributed by atoms with van der Waals surface area (Å²) in [5.41, 5.74) is -1.42. The van der Waals surface area contributed by atoms with E-state index in [9.17, 15) is 19.8 Å². The van der Waals surface area contributed by atoms with E-state index in [4.69, 9.17) is 23.7 Å². The number of fused-ring (bicyclic) bond motifs is 3. The zero-order chi connectivity index (χ0) is 30.7. The van der Waals surface area contributed by atoms with Crippen molar-refractivity contribution in [1.82, 2.24) is 4.90 Å². The fourth-order valence-electron chi connectivity index (χ4n) is 6.71. The molecule has 4 aliphatic rings. The summed E-state index contributed by atoms with van der Waals surface area (Å²) in [5.74, 6) is -0.0645. The monoisotopic (exact) mass is 675 g/mol. The number of carbonyl (C=O) groups excluding carboxylic acids is 2. The predicted octanol–water partition coefficient (Wildman–Crippen LogP) is 5.26. The van der Waals surface area contributed by atoms with Crippen LogP contribution in [-0.2, 0) is 30.2 Å². The molecule has 4 atom stereocenters. The van der Waals surface area contributed by atoms with Gasteiger partial charge in [-0.05, 0) is 98.1 Å². The van der Waals surface area contributed by atoms with Gasteiger partial charge in [0.05, 0.1) is 37.7 Å². The van der Waals surface area contributed by atoms with E-state index in [0.717, 1.165) is 53.3 Å². The lowest BCUT2D eigenvalue weighted by atomic mass is 9.77. The maximum atomic E-state index is 13.8. The highest BCUT2D eigenvalue weighted by Crippen LogP contribution is 2.55. The Morgan fingerprint density at radius 3 is 2.39 bits per heavy atom. The second-order valence-electron chi connectivity index (χ2n) is 11.8. The summed E-state index contributed by atoms with van der Waals surface area (Å²) in [6.45, 7) is 5.21. The van der Waals surface area contributed by atoms with Crippen LogP contribution in [0.2, 0.25) is 0 Å². The van der Waals surface area contributed by atoms with Gasteiger partial charge in [-0.1, -0.05) is 38.2 Å². The fraction of sp³-hybridized carbons (Fsp3) is 0.677. The van der Waals surface area contributed by atoms with Gasteiger partial charge in [0.25, 0.3) is 0 Å². The summed E-state index contributed by atoms with van der Waals surface area (Å²) in [4.78, 5) is 28.4. The third kappa shape index (κ3) is 7.95. The molecule has 1 aromatic carbocycles. The van der Waals surface area contributed by atoms with E-state index >= 15 is 0 Å². The van der Waals surface area contributed by atoms with E-state index in [2.05, 4.69) is 34.3 Å². The molecule has 250 valence electrons. The number of ether oxygens (including phenoxy) is 5. The molecular formula is C31H49NO9S3. The molecule has 5 rings (SSSR count). The minimum atomic E-state index is -2.12. The lowest BCUT2D eigenvalue weighted by Gasteiger charge is -2.39. The van der Waals surface area contributed by atoms with Crippen molar-refractivity contribution in [3.8, 4) is 11.5 Å². The molecule has 1 spiro atoms. The lowest BCUT2D eigenvalue weighted by molar-refractivity contribution is -0.178. The molecule has 0 saturated carbocycles. The second kappa shape index (κ2) is 15.7. The minimum Gasteiger partial charge on any atom is -0.497 e. The lowest BCUT2D eigenvalue weighted by Crippen LogP contribution is -2.49. The molecule has 2 N–H and O–H groups in total. The number of hydrogen-bond acceptors (Lipinski definition) is 13. The fourth-order valence-corrected chi connectivity index (χ4v) is 6.71. The number of rotatable bonds is 9. The number of hydrogen-bond donors (Lipinski definition) is 4. The highest BCUT2D eigenvalue weighted by molar-refractivity contribution is 9.01. The van der Waals surface area contributed by atoms with E-state index in [1.165, 1.54) is 7.11 Å². The van der Waals surface area contributed by atoms with Gasteiger partial charge in [-0.15, -0.1) is 0 Å². The molecule has 0 bridgehead atoms. The van der Waals surface area contributed by atoms with Crippen LogP contribution in [0.4, 0.5) is 0 Å². The molecule has 0 radical (unpaired) electrons. The van der Waals surface area contributed by atoms with Crippen LogP contribution < -0.4 is 9.47 Å². The Balaban J connectivity index is 0.00000130. The summed E-state index contributed by atoms with van der Waals surface area (Å²) in [5, 5.41) is 21.6. The number of nitrogens with zero attached hydrogens (tertiary/aromatic N) is 1. The van der Waals surface area contributed by atoms with Gasteiger partial charge >= 0.3 is 11.9 Å². The van der Waals surface area contributed by atoms with E-state index in [1.54, 1.807) is 21.0 Å². The van der Waals surface area contributed by atoms with Crippen LogP contribution in [0.1, 0.15) is 84.3 Å². The maximum absolute atomic E-state index is 13.8. The van der Waals surface area contributed by atoms with Crippen molar-refractivity contribution in [1.29, 1.82) is 0 Å². The largest absolute Gasteiger partial charge is 0.497 e. The number of methoxy groups -OCH3 is 2. The Bertz CT molecular complexity index is 1190. The molecule has 1 aliphatic carbocycles. The predicted molar refractivity (Wildman–Crippen MR) is 178 cm³/mol. The number of benzene rings is 1. The van der Waals surface area contributed by atoms with Gasteiger partial charge in [-0.25, -0.2) is 4.79 Å². The van der Waals surface area contributed by atoms with Crippen LogP contribution in [-0.4, -0.2) is 84.0 Å². The summed E-state index contributed by atoms with van der Waals surface area (Å²) < 4.78 is 28.1. The van der Waals surface area contributed by atoms with Crippen LogP contribution in [0.5, 0.6) is 11.5 Å². The molecule has 1 saturated heterocycles. The molecule has 1 fully saturated rings. The van der Waals surface area contributed by atoms with Gasteiger partial charge in [-0.2, -0.15) is 0 Å². The Kier molecular flexibility index (Phi) is 13.7. The minimum absolute atomic E-state index is 0. The normalized spacial score (nSPS) is 24.3. The average Bonchev–Trinajstić information content (AvgIpc) is 3.61.